The molecule has 0 heterocycles. The zero-order chi connectivity index (χ0) is 9.07. The lowest BCUT2D eigenvalue weighted by Gasteiger charge is -2.07. The normalized spacial score (nSPS) is 17.2. The maximum Gasteiger partial charge on any atom is 0.320 e. The fraction of sp³-hybridized carbons (Fsp3) is 0.833. The zero-order valence-electron chi connectivity index (χ0n) is 6.23. The van der Waals surface area contributed by atoms with Crippen molar-refractivity contribution in [3.05, 3.63) is 0 Å². The SMILES string of the molecule is C.CP(=O)(O)CCC(N)C(=O)O. The number of hydrogen-bond acceptors (Lipinski definition) is 3. The largest absolute Gasteiger partial charge is 0.480 e. The van der Waals surface area contributed by atoms with Crippen molar-refractivity contribution in [2.75, 3.05) is 12.8 Å². The standard InChI is InChI=1S/C5H12NO4P.CH4/c1-11(9,10)3-2-4(6)5(7)8;/h4H,2-3,6H2,1H3,(H,7,8)(H,9,10);1H4. The number of carbonyl (C=O) groups is 1. The maximum atomic E-state index is 10.6. The Morgan fingerprint density at radius 1 is 1.67 bits per heavy atom. The van der Waals surface area contributed by atoms with E-state index in [1.807, 2.05) is 0 Å². The fourth-order valence-electron chi connectivity index (χ4n) is 0.502. The Morgan fingerprint density at radius 2 is 2.08 bits per heavy atom. The molecule has 0 bridgehead atoms. The highest BCUT2D eigenvalue weighted by Gasteiger charge is 2.16. The Morgan fingerprint density at radius 3 is 2.33 bits per heavy atom. The first-order chi connectivity index (χ1) is 4.83. The first-order valence-electron chi connectivity index (χ1n) is 3.10. The van der Waals surface area contributed by atoms with Crippen LogP contribution in [0.15, 0.2) is 0 Å². The molecular formula is C6H16NO4P. The molecule has 5 nitrogen and oxygen atoms in total. The van der Waals surface area contributed by atoms with Gasteiger partial charge in [-0.3, -0.25) is 9.36 Å². The number of carboxylic acid groups (broad SMARTS) is 1. The van der Waals surface area contributed by atoms with Gasteiger partial charge in [0.15, 0.2) is 7.37 Å². The molecule has 0 aromatic carbocycles. The topological polar surface area (TPSA) is 101 Å². The van der Waals surface area contributed by atoms with Gasteiger partial charge in [-0.25, -0.2) is 0 Å². The van der Waals surface area contributed by atoms with Gasteiger partial charge in [-0.2, -0.15) is 0 Å². The van der Waals surface area contributed by atoms with E-state index in [1.165, 1.54) is 6.66 Å². The molecular weight excluding hydrogens is 181 g/mol. The number of carboxylic acids is 1. The van der Waals surface area contributed by atoms with Gasteiger partial charge >= 0.3 is 5.97 Å². The van der Waals surface area contributed by atoms with Crippen LogP contribution in [0.3, 0.4) is 0 Å². The van der Waals surface area contributed by atoms with Gasteiger partial charge in [0.1, 0.15) is 6.04 Å². The summed E-state index contributed by atoms with van der Waals surface area (Å²) in [7, 11) is -3.10. The highest BCUT2D eigenvalue weighted by atomic mass is 31.2. The van der Waals surface area contributed by atoms with E-state index in [9.17, 15) is 9.36 Å². The summed E-state index contributed by atoms with van der Waals surface area (Å²) >= 11 is 0. The molecule has 2 atom stereocenters. The van der Waals surface area contributed by atoms with Crippen molar-refractivity contribution in [2.45, 2.75) is 19.9 Å². The molecule has 0 aliphatic rings. The predicted octanol–water partition coefficient (Wildman–Crippen LogP) is 0.325. The van der Waals surface area contributed by atoms with Crippen LogP contribution in [0.4, 0.5) is 0 Å². The molecule has 6 heteroatoms. The van der Waals surface area contributed by atoms with Gasteiger partial charge in [-0.15, -0.1) is 0 Å². The maximum absolute atomic E-state index is 10.6. The highest BCUT2D eigenvalue weighted by molar-refractivity contribution is 7.57. The minimum Gasteiger partial charge on any atom is -0.480 e. The Bertz CT molecular complexity index is 188. The minimum absolute atomic E-state index is 0. The molecule has 0 aromatic rings. The van der Waals surface area contributed by atoms with Crippen molar-refractivity contribution in [3.63, 3.8) is 0 Å². The summed E-state index contributed by atoms with van der Waals surface area (Å²) in [6, 6.07) is -1.03. The lowest BCUT2D eigenvalue weighted by atomic mass is 10.2. The molecule has 0 rings (SSSR count). The summed E-state index contributed by atoms with van der Waals surface area (Å²) in [6.45, 7) is 1.18. The van der Waals surface area contributed by atoms with E-state index in [1.54, 1.807) is 0 Å². The zero-order valence-corrected chi connectivity index (χ0v) is 7.12. The van der Waals surface area contributed by atoms with E-state index in [2.05, 4.69) is 0 Å². The van der Waals surface area contributed by atoms with Gasteiger partial charge in [0.05, 0.1) is 0 Å². The van der Waals surface area contributed by atoms with Crippen LogP contribution in [-0.4, -0.2) is 34.8 Å². The second-order valence-electron chi connectivity index (χ2n) is 2.51. The van der Waals surface area contributed by atoms with Crippen molar-refractivity contribution >= 4 is 13.3 Å². The second kappa shape index (κ2) is 5.30. The number of nitrogens with two attached hydrogens (primary N) is 1. The van der Waals surface area contributed by atoms with Crippen molar-refractivity contribution in [3.8, 4) is 0 Å². The highest BCUT2D eigenvalue weighted by Crippen LogP contribution is 2.35. The second-order valence-corrected chi connectivity index (χ2v) is 5.06. The van der Waals surface area contributed by atoms with Crippen molar-refractivity contribution in [2.24, 2.45) is 5.73 Å². The third-order valence-corrected chi connectivity index (χ3v) is 2.26. The van der Waals surface area contributed by atoms with Crippen molar-refractivity contribution in [1.29, 1.82) is 0 Å². The van der Waals surface area contributed by atoms with E-state index >= 15 is 0 Å². The van der Waals surface area contributed by atoms with Crippen LogP contribution in [0.2, 0.25) is 0 Å². The Hall–Kier alpha value is -0.380. The van der Waals surface area contributed by atoms with E-state index in [4.69, 9.17) is 15.7 Å². The predicted molar refractivity (Wildman–Crippen MR) is 47.6 cm³/mol. The monoisotopic (exact) mass is 197 g/mol. The third kappa shape index (κ3) is 7.72. The van der Waals surface area contributed by atoms with E-state index < -0.39 is 19.4 Å². The molecule has 0 saturated carbocycles. The van der Waals surface area contributed by atoms with Crippen LogP contribution >= 0.6 is 7.37 Å². The van der Waals surface area contributed by atoms with Crippen molar-refractivity contribution < 1.29 is 19.4 Å². The van der Waals surface area contributed by atoms with Crippen LogP contribution in [0.25, 0.3) is 0 Å². The van der Waals surface area contributed by atoms with Crippen LogP contribution in [0.5, 0.6) is 0 Å². The Kier molecular flexibility index (Phi) is 6.25. The molecule has 74 valence electrons. The summed E-state index contributed by atoms with van der Waals surface area (Å²) in [5.74, 6) is -1.14. The fourth-order valence-corrected chi connectivity index (χ4v) is 1.26. The molecule has 2 unspecified atom stereocenters. The molecule has 0 aliphatic heterocycles. The van der Waals surface area contributed by atoms with Crippen LogP contribution in [-0.2, 0) is 9.36 Å². The molecule has 0 aliphatic carbocycles. The molecule has 4 N–H and O–H groups in total. The minimum atomic E-state index is -3.10. The van der Waals surface area contributed by atoms with Crippen LogP contribution in [0.1, 0.15) is 13.8 Å². The average Bonchev–Trinajstić information content (AvgIpc) is 1.80. The van der Waals surface area contributed by atoms with E-state index in [-0.39, 0.29) is 20.0 Å². The Balaban J connectivity index is 0. The number of rotatable bonds is 4. The number of aliphatic carboxylic acids is 1. The summed E-state index contributed by atoms with van der Waals surface area (Å²) in [6.07, 6.45) is 0.0000772. The number of hydrogen-bond donors (Lipinski definition) is 3. The lowest BCUT2D eigenvalue weighted by molar-refractivity contribution is -0.138. The summed E-state index contributed by atoms with van der Waals surface area (Å²) in [5.41, 5.74) is 5.09. The van der Waals surface area contributed by atoms with Gasteiger partial charge in [0.25, 0.3) is 0 Å². The quantitative estimate of drug-likeness (QED) is 0.563. The van der Waals surface area contributed by atoms with Crippen molar-refractivity contribution in [1.82, 2.24) is 0 Å². The summed E-state index contributed by atoms with van der Waals surface area (Å²) < 4.78 is 10.6. The summed E-state index contributed by atoms with van der Waals surface area (Å²) in [4.78, 5) is 18.9. The van der Waals surface area contributed by atoms with Gasteiger partial charge in [-0.05, 0) is 6.42 Å². The van der Waals surface area contributed by atoms with Gasteiger partial charge in [0, 0.05) is 12.8 Å². The molecule has 12 heavy (non-hydrogen) atoms. The molecule has 0 fully saturated rings. The van der Waals surface area contributed by atoms with Gasteiger partial charge < -0.3 is 15.7 Å². The molecule has 0 aromatic heterocycles. The Labute approximate surface area is 72.0 Å². The van der Waals surface area contributed by atoms with E-state index in [0.717, 1.165) is 0 Å². The molecule has 0 amide bonds. The van der Waals surface area contributed by atoms with Gasteiger partial charge in [-0.1, -0.05) is 7.43 Å². The van der Waals surface area contributed by atoms with Crippen LogP contribution < -0.4 is 5.73 Å². The average molecular weight is 197 g/mol. The lowest BCUT2D eigenvalue weighted by Crippen LogP contribution is -2.30. The van der Waals surface area contributed by atoms with E-state index in [0.29, 0.717) is 0 Å². The first-order valence-corrected chi connectivity index (χ1v) is 5.40. The van der Waals surface area contributed by atoms with Gasteiger partial charge in [0.2, 0.25) is 0 Å². The smallest absolute Gasteiger partial charge is 0.320 e. The van der Waals surface area contributed by atoms with Crippen LogP contribution in [0, 0.1) is 0 Å². The molecule has 0 spiro atoms. The summed E-state index contributed by atoms with van der Waals surface area (Å²) in [5, 5.41) is 8.28. The first kappa shape index (κ1) is 14.2. The molecule has 0 saturated heterocycles. The molecule has 0 radical (unpaired) electrons. The third-order valence-electron chi connectivity index (χ3n) is 1.17.